The largest absolute Gasteiger partial charge is 0.491 e. The van der Waals surface area contributed by atoms with Crippen LogP contribution in [0.25, 0.3) is 0 Å². The summed E-state index contributed by atoms with van der Waals surface area (Å²) in [4.78, 5) is 10.9. The number of Topliss-reactive ketones (excluding diaryl/α,β-unsaturated/α-hetero) is 1. The van der Waals surface area contributed by atoms with E-state index in [4.69, 9.17) is 30.4 Å². The molecule has 1 atom stereocenters. The Labute approximate surface area is 230 Å². The van der Waals surface area contributed by atoms with Crippen molar-refractivity contribution in [3.8, 4) is 17.2 Å². The van der Waals surface area contributed by atoms with Crippen LogP contribution in [0.1, 0.15) is 27.5 Å². The number of nitrogens with two attached hydrogens (primary N) is 2. The summed E-state index contributed by atoms with van der Waals surface area (Å²) in [6.45, 7) is 1.20. The second kappa shape index (κ2) is 16.7. The Bertz CT molecular complexity index is 1130. The third kappa shape index (κ3) is 8.03. The first-order chi connectivity index (χ1) is 16.2. The molecule has 0 bridgehead atoms. The van der Waals surface area contributed by atoms with Crippen LogP contribution in [0.5, 0.6) is 17.2 Å². The Morgan fingerprint density at radius 2 is 1.28 bits per heavy atom. The molecule has 0 saturated heterocycles. The maximum atomic E-state index is 10.9. The van der Waals surface area contributed by atoms with Crippen molar-refractivity contribution in [3.05, 3.63) is 96.9 Å². The van der Waals surface area contributed by atoms with Crippen molar-refractivity contribution in [2.45, 2.75) is 6.04 Å². The predicted molar refractivity (Wildman–Crippen MR) is 135 cm³/mol. The minimum atomic E-state index is 0. The Kier molecular flexibility index (Phi) is 15.3. The molecule has 0 saturated carbocycles. The van der Waals surface area contributed by atoms with E-state index in [1.165, 1.54) is 0 Å². The third-order valence-electron chi connectivity index (χ3n) is 4.97. The number of halogens is 1. The SMILES string of the molecule is Cl.NC1COc2ccccc21.NO.O/N=C1/COc2ccccc21.O=C1COc2ccccc21.[CH3-].[Pd]. The van der Waals surface area contributed by atoms with Gasteiger partial charge in [-0.2, -0.15) is 0 Å². The van der Waals surface area contributed by atoms with Gasteiger partial charge in [0.25, 0.3) is 0 Å². The topological polar surface area (TPSA) is 150 Å². The van der Waals surface area contributed by atoms with Crippen molar-refractivity contribution < 1.29 is 49.8 Å². The van der Waals surface area contributed by atoms with E-state index in [1.54, 1.807) is 12.1 Å². The van der Waals surface area contributed by atoms with Crippen LogP contribution >= 0.6 is 12.4 Å². The first-order valence-electron chi connectivity index (χ1n) is 10.1. The molecule has 3 aliphatic heterocycles. The quantitative estimate of drug-likeness (QED) is 0.130. The van der Waals surface area contributed by atoms with Gasteiger partial charge < -0.3 is 37.8 Å². The maximum absolute atomic E-state index is 10.9. The zero-order chi connectivity index (χ0) is 23.6. The van der Waals surface area contributed by atoms with Crippen LogP contribution in [0.4, 0.5) is 0 Å². The molecule has 6 N–H and O–H groups in total. The Hall–Kier alpha value is -2.97. The average molecular weight is 609 g/mol. The number of ketones is 1. The molecule has 3 heterocycles. The second-order valence-corrected chi connectivity index (χ2v) is 6.99. The fourth-order valence-electron chi connectivity index (χ4n) is 3.37. The number of fused-ring (bicyclic) bond motifs is 3. The van der Waals surface area contributed by atoms with Crippen LogP contribution in [-0.4, -0.2) is 41.7 Å². The number of para-hydroxylation sites is 3. The van der Waals surface area contributed by atoms with Crippen LogP contribution in [-0.2, 0) is 20.4 Å². The third-order valence-corrected chi connectivity index (χ3v) is 4.97. The molecule has 1 unspecified atom stereocenters. The van der Waals surface area contributed by atoms with Gasteiger partial charge >= 0.3 is 0 Å². The molecule has 3 aromatic rings. The van der Waals surface area contributed by atoms with Gasteiger partial charge in [0.2, 0.25) is 5.78 Å². The second-order valence-electron chi connectivity index (χ2n) is 6.99. The molecule has 0 aromatic heterocycles. The summed E-state index contributed by atoms with van der Waals surface area (Å²) in [5.41, 5.74) is 9.04. The van der Waals surface area contributed by atoms with Crippen molar-refractivity contribution in [1.82, 2.24) is 0 Å². The van der Waals surface area contributed by atoms with E-state index in [1.807, 2.05) is 60.7 Å². The van der Waals surface area contributed by atoms with Gasteiger partial charge in [-0.15, -0.1) is 12.4 Å². The Balaban J connectivity index is 0.000000474. The minimum Gasteiger partial charge on any atom is -0.491 e. The van der Waals surface area contributed by atoms with E-state index < -0.39 is 0 Å². The molecule has 6 rings (SSSR count). The summed E-state index contributed by atoms with van der Waals surface area (Å²) in [6.07, 6.45) is 0. The van der Waals surface area contributed by atoms with E-state index in [0.717, 1.165) is 22.6 Å². The zero-order valence-electron chi connectivity index (χ0n) is 19.5. The Morgan fingerprint density at radius 3 is 1.86 bits per heavy atom. The molecule has 198 valence electrons. The van der Waals surface area contributed by atoms with Crippen LogP contribution in [0, 0.1) is 7.43 Å². The van der Waals surface area contributed by atoms with Crippen molar-refractivity contribution in [2.24, 2.45) is 16.8 Å². The van der Waals surface area contributed by atoms with Crippen LogP contribution in [0.15, 0.2) is 78.0 Å². The minimum absolute atomic E-state index is 0. The van der Waals surface area contributed by atoms with Crippen LogP contribution in [0.2, 0.25) is 0 Å². The number of ether oxygens (including phenoxy) is 3. The van der Waals surface area contributed by atoms with E-state index >= 15 is 0 Å². The fraction of sp³-hybridized carbons (Fsp3) is 0.160. The predicted octanol–water partition coefficient (Wildman–Crippen LogP) is 3.80. The summed E-state index contributed by atoms with van der Waals surface area (Å²) in [5, 5.41) is 18.1. The normalized spacial score (nSPS) is 15.8. The molecule has 0 aliphatic carbocycles. The smallest absolute Gasteiger partial charge is 0.203 e. The van der Waals surface area contributed by atoms with Gasteiger partial charge in [-0.05, 0) is 30.3 Å². The van der Waals surface area contributed by atoms with Crippen LogP contribution < -0.4 is 25.8 Å². The van der Waals surface area contributed by atoms with E-state index in [0.29, 0.717) is 30.2 Å². The van der Waals surface area contributed by atoms with Gasteiger partial charge in [-0.25, -0.2) is 5.90 Å². The monoisotopic (exact) mass is 608 g/mol. The number of hydrogen-bond acceptors (Lipinski definition) is 9. The van der Waals surface area contributed by atoms with E-state index in [9.17, 15) is 4.79 Å². The average Bonchev–Trinajstić information content (AvgIpc) is 3.59. The molecule has 36 heavy (non-hydrogen) atoms. The van der Waals surface area contributed by atoms with Crippen molar-refractivity contribution in [1.29, 1.82) is 0 Å². The standard InChI is InChI=1S/C8H7NO2.C8H9NO.C8H6O2.CH3.ClH.H3NO.Pd/c10-9-7-5-11-8-4-2-1-3-6(7)8;2*9-7-5-10-8-4-2-1-3-6(7)8;;;1-2;/h1-4,10H,5H2;1-4,7H,5,9H2;1-4H,5H2;1H3;1H;2H,1H2;/q;;;-1;;;/b9-7-;;;;;;. The van der Waals surface area contributed by atoms with Gasteiger partial charge in [0.15, 0.2) is 6.61 Å². The number of benzene rings is 3. The number of oxime groups is 1. The van der Waals surface area contributed by atoms with Gasteiger partial charge in [-0.3, -0.25) is 4.79 Å². The first kappa shape index (κ1) is 33.0. The molecule has 9 nitrogen and oxygen atoms in total. The summed E-state index contributed by atoms with van der Waals surface area (Å²) in [5.74, 6) is 6.03. The van der Waals surface area contributed by atoms with Crippen molar-refractivity contribution in [3.63, 3.8) is 0 Å². The van der Waals surface area contributed by atoms with Crippen molar-refractivity contribution in [2.75, 3.05) is 19.8 Å². The van der Waals surface area contributed by atoms with Gasteiger partial charge in [0.05, 0.1) is 11.6 Å². The van der Waals surface area contributed by atoms with Crippen molar-refractivity contribution >= 4 is 23.9 Å². The summed E-state index contributed by atoms with van der Waals surface area (Å²) >= 11 is 0. The van der Waals surface area contributed by atoms with E-state index in [-0.39, 0.29) is 58.7 Å². The molecule has 0 spiro atoms. The number of carbonyl (C=O) groups is 1. The maximum Gasteiger partial charge on any atom is 0.203 e. The molecule has 0 fully saturated rings. The molecule has 11 heteroatoms. The number of carbonyl (C=O) groups excluding carboxylic acids is 1. The number of hydrogen-bond donors (Lipinski definition) is 4. The molecular formula is C25H29ClN3O6Pd-. The van der Waals surface area contributed by atoms with Gasteiger partial charge in [0.1, 0.15) is 36.2 Å². The summed E-state index contributed by atoms with van der Waals surface area (Å²) in [6, 6.07) is 22.8. The van der Waals surface area contributed by atoms with Gasteiger partial charge in [-0.1, -0.05) is 47.6 Å². The van der Waals surface area contributed by atoms with Crippen LogP contribution in [0.3, 0.4) is 0 Å². The zero-order valence-corrected chi connectivity index (χ0v) is 21.9. The number of nitrogens with zero attached hydrogens (tertiary/aromatic N) is 1. The molecule has 0 radical (unpaired) electrons. The Morgan fingerprint density at radius 1 is 0.778 bits per heavy atom. The molecule has 3 aliphatic rings. The summed E-state index contributed by atoms with van der Waals surface area (Å²) in [7, 11) is 0. The van der Waals surface area contributed by atoms with Gasteiger partial charge in [0, 0.05) is 31.5 Å². The first-order valence-corrected chi connectivity index (χ1v) is 10.1. The molecule has 0 amide bonds. The van der Waals surface area contributed by atoms with E-state index in [2.05, 4.69) is 11.1 Å². The molecular weight excluding hydrogens is 580 g/mol. The summed E-state index contributed by atoms with van der Waals surface area (Å²) < 4.78 is 15.6. The number of rotatable bonds is 0. The fourth-order valence-corrected chi connectivity index (χ4v) is 3.37. The molecule has 3 aromatic carbocycles.